The van der Waals surface area contributed by atoms with Gasteiger partial charge in [0.25, 0.3) is 0 Å². The first-order valence-electron chi connectivity index (χ1n) is 8.85. The highest BCUT2D eigenvalue weighted by Gasteiger charge is 2.26. The van der Waals surface area contributed by atoms with Crippen LogP contribution in [0, 0.1) is 6.92 Å². The van der Waals surface area contributed by atoms with E-state index in [4.69, 9.17) is 10.3 Å². The molecular weight excluding hydrogens is 349 g/mol. The molecule has 0 atom stereocenters. The fourth-order valence-corrected chi connectivity index (χ4v) is 2.98. The summed E-state index contributed by atoms with van der Waals surface area (Å²) in [5, 5.41) is 22.7. The van der Waals surface area contributed by atoms with E-state index in [9.17, 15) is 14.8 Å². The number of azide groups is 1. The molecule has 2 rings (SSSR count). The van der Waals surface area contributed by atoms with Crippen molar-refractivity contribution in [1.82, 2.24) is 9.80 Å². The number of amides is 1. The van der Waals surface area contributed by atoms with E-state index < -0.39 is 12.7 Å². The molecule has 0 radical (unpaired) electrons. The number of carbonyl (C=O) groups is 1. The Labute approximate surface area is 159 Å². The monoisotopic (exact) mass is 375 g/mol. The number of piperazine rings is 1. The van der Waals surface area contributed by atoms with Gasteiger partial charge in [-0.25, -0.2) is 4.79 Å². The number of hydrogen-bond donors (Lipinski definition) is 2. The first-order valence-corrected chi connectivity index (χ1v) is 8.85. The van der Waals surface area contributed by atoms with Crippen LogP contribution in [0.1, 0.15) is 31.9 Å². The maximum Gasteiger partial charge on any atom is 0.488 e. The van der Waals surface area contributed by atoms with Crippen molar-refractivity contribution in [2.45, 2.75) is 39.8 Å². The minimum atomic E-state index is -1.64. The molecule has 27 heavy (non-hydrogen) atoms. The topological polar surface area (TPSA) is 122 Å². The Balaban J connectivity index is 2.06. The summed E-state index contributed by atoms with van der Waals surface area (Å²) in [5.74, 6) is 0. The second-order valence-electron chi connectivity index (χ2n) is 7.63. The van der Waals surface area contributed by atoms with Gasteiger partial charge in [0, 0.05) is 43.3 Å². The zero-order valence-corrected chi connectivity index (χ0v) is 16.2. The molecular formula is C17H26BN5O4. The lowest BCUT2D eigenvalue weighted by Gasteiger charge is -2.36. The minimum absolute atomic E-state index is 0.311. The lowest BCUT2D eigenvalue weighted by atomic mass is 9.75. The van der Waals surface area contributed by atoms with Gasteiger partial charge in [-0.05, 0) is 55.9 Å². The zero-order chi connectivity index (χ0) is 20.2. The summed E-state index contributed by atoms with van der Waals surface area (Å²) >= 11 is 0. The zero-order valence-electron chi connectivity index (χ0n) is 16.2. The molecule has 2 N–H and O–H groups in total. The highest BCUT2D eigenvalue weighted by molar-refractivity contribution is 6.59. The summed E-state index contributed by atoms with van der Waals surface area (Å²) in [6.45, 7) is 10.3. The SMILES string of the molecule is Cc1c(CN2CCN(C(=O)OC(C)(C)C)CC2)cc(N=[N+]=[N-])cc1B(O)O. The molecule has 1 aliphatic rings. The normalized spacial score (nSPS) is 15.3. The third-order valence-electron chi connectivity index (χ3n) is 4.40. The fourth-order valence-electron chi connectivity index (χ4n) is 2.98. The van der Waals surface area contributed by atoms with Crippen molar-refractivity contribution in [2.75, 3.05) is 26.2 Å². The van der Waals surface area contributed by atoms with Crippen LogP contribution in [0.5, 0.6) is 0 Å². The van der Waals surface area contributed by atoms with Crippen molar-refractivity contribution in [3.8, 4) is 0 Å². The van der Waals surface area contributed by atoms with Gasteiger partial charge in [0.1, 0.15) is 5.60 Å². The second-order valence-corrected chi connectivity index (χ2v) is 7.63. The largest absolute Gasteiger partial charge is 0.488 e. The van der Waals surface area contributed by atoms with Crippen molar-refractivity contribution < 1.29 is 19.6 Å². The summed E-state index contributed by atoms with van der Waals surface area (Å²) in [6.07, 6.45) is -0.311. The van der Waals surface area contributed by atoms with Crippen LogP contribution in [0.3, 0.4) is 0 Å². The molecule has 1 saturated heterocycles. The van der Waals surface area contributed by atoms with E-state index in [0.717, 1.165) is 11.1 Å². The number of carbonyl (C=O) groups excluding carboxylic acids is 1. The fraction of sp³-hybridized carbons (Fsp3) is 0.588. The quantitative estimate of drug-likeness (QED) is 0.359. The van der Waals surface area contributed by atoms with Crippen LogP contribution in [0.15, 0.2) is 17.2 Å². The number of hydrogen-bond acceptors (Lipinski definition) is 6. The van der Waals surface area contributed by atoms with Gasteiger partial charge in [-0.1, -0.05) is 11.2 Å². The van der Waals surface area contributed by atoms with E-state index >= 15 is 0 Å². The molecule has 0 spiro atoms. The highest BCUT2D eigenvalue weighted by Crippen LogP contribution is 2.20. The molecule has 1 aromatic rings. The lowest BCUT2D eigenvalue weighted by Crippen LogP contribution is -2.49. The van der Waals surface area contributed by atoms with E-state index in [1.54, 1.807) is 17.9 Å². The average Bonchev–Trinajstić information content (AvgIpc) is 2.56. The Morgan fingerprint density at radius 3 is 2.44 bits per heavy atom. The van der Waals surface area contributed by atoms with Crippen LogP contribution >= 0.6 is 0 Å². The Morgan fingerprint density at radius 1 is 1.30 bits per heavy atom. The smallest absolute Gasteiger partial charge is 0.444 e. The summed E-state index contributed by atoms with van der Waals surface area (Å²) < 4.78 is 5.40. The average molecular weight is 375 g/mol. The van der Waals surface area contributed by atoms with Crippen LogP contribution in [0.2, 0.25) is 0 Å². The van der Waals surface area contributed by atoms with Gasteiger partial charge in [-0.2, -0.15) is 0 Å². The molecule has 0 aliphatic carbocycles. The Hall–Kier alpha value is -2.26. The molecule has 0 bridgehead atoms. The maximum atomic E-state index is 12.2. The molecule has 0 saturated carbocycles. The molecule has 1 amide bonds. The van der Waals surface area contributed by atoms with E-state index in [1.807, 2.05) is 20.8 Å². The standard InChI is InChI=1S/C17H26BN5O4/c1-12-13(9-14(20-21-19)10-15(12)18(25)26)11-22-5-7-23(8-6-22)16(24)27-17(2,3)4/h9-10,25-26H,5-8,11H2,1-4H3. The van der Waals surface area contributed by atoms with Gasteiger partial charge in [0.2, 0.25) is 0 Å². The number of benzene rings is 1. The molecule has 9 nitrogen and oxygen atoms in total. The van der Waals surface area contributed by atoms with Gasteiger partial charge in [-0.3, -0.25) is 4.90 Å². The summed E-state index contributed by atoms with van der Waals surface area (Å²) in [4.78, 5) is 18.8. The van der Waals surface area contributed by atoms with Gasteiger partial charge in [0.05, 0.1) is 0 Å². The Kier molecular flexibility index (Phi) is 6.72. The summed E-state index contributed by atoms with van der Waals surface area (Å²) in [7, 11) is -1.64. The third kappa shape index (κ3) is 5.87. The van der Waals surface area contributed by atoms with Crippen LogP contribution < -0.4 is 5.46 Å². The Morgan fingerprint density at radius 2 is 1.93 bits per heavy atom. The molecule has 0 unspecified atom stereocenters. The van der Waals surface area contributed by atoms with Crippen LogP contribution in [0.25, 0.3) is 10.4 Å². The number of rotatable bonds is 4. The van der Waals surface area contributed by atoms with Crippen LogP contribution in [0.4, 0.5) is 10.5 Å². The van der Waals surface area contributed by atoms with Crippen molar-refractivity contribution in [3.63, 3.8) is 0 Å². The van der Waals surface area contributed by atoms with Gasteiger partial charge < -0.3 is 19.7 Å². The number of ether oxygens (including phenoxy) is 1. The van der Waals surface area contributed by atoms with E-state index in [0.29, 0.717) is 43.9 Å². The molecule has 1 aliphatic heterocycles. The first-order chi connectivity index (χ1) is 12.6. The Bertz CT molecular complexity index is 736. The molecule has 0 aromatic heterocycles. The molecule has 1 aromatic carbocycles. The molecule has 146 valence electrons. The third-order valence-corrected chi connectivity index (χ3v) is 4.40. The van der Waals surface area contributed by atoms with Gasteiger partial charge in [-0.15, -0.1) is 0 Å². The van der Waals surface area contributed by atoms with Crippen molar-refractivity contribution in [3.05, 3.63) is 33.7 Å². The van der Waals surface area contributed by atoms with Crippen molar-refractivity contribution in [1.29, 1.82) is 0 Å². The van der Waals surface area contributed by atoms with E-state index in [1.165, 1.54) is 6.07 Å². The molecule has 1 heterocycles. The maximum absolute atomic E-state index is 12.2. The highest BCUT2D eigenvalue weighted by atomic mass is 16.6. The minimum Gasteiger partial charge on any atom is -0.444 e. The van der Waals surface area contributed by atoms with E-state index in [2.05, 4.69) is 14.9 Å². The predicted molar refractivity (Wildman–Crippen MR) is 103 cm³/mol. The molecule has 1 fully saturated rings. The predicted octanol–water partition coefficient (Wildman–Crippen LogP) is 1.67. The van der Waals surface area contributed by atoms with Gasteiger partial charge >= 0.3 is 13.2 Å². The second kappa shape index (κ2) is 8.62. The summed E-state index contributed by atoms with van der Waals surface area (Å²) in [5.41, 5.74) is 10.4. The summed E-state index contributed by atoms with van der Waals surface area (Å²) in [6, 6.07) is 3.23. The first kappa shape index (κ1) is 21.0. The van der Waals surface area contributed by atoms with Crippen molar-refractivity contribution >= 4 is 24.4 Å². The number of nitrogens with zero attached hydrogens (tertiary/aromatic N) is 5. The van der Waals surface area contributed by atoms with Crippen LogP contribution in [-0.2, 0) is 11.3 Å². The van der Waals surface area contributed by atoms with Crippen LogP contribution in [-0.4, -0.2) is 64.8 Å². The van der Waals surface area contributed by atoms with E-state index in [-0.39, 0.29) is 6.09 Å². The molecule has 10 heteroatoms. The van der Waals surface area contributed by atoms with Gasteiger partial charge in [0.15, 0.2) is 0 Å². The van der Waals surface area contributed by atoms with Crippen molar-refractivity contribution in [2.24, 2.45) is 5.11 Å². The lowest BCUT2D eigenvalue weighted by molar-refractivity contribution is 0.0139.